The molecule has 0 radical (unpaired) electrons. The number of amides is 2. The summed E-state index contributed by atoms with van der Waals surface area (Å²) in [5.41, 5.74) is -0.197. The highest BCUT2D eigenvalue weighted by Crippen LogP contribution is 2.23. The van der Waals surface area contributed by atoms with Gasteiger partial charge in [-0.05, 0) is 32.8 Å². The van der Waals surface area contributed by atoms with Gasteiger partial charge >= 0.3 is 6.03 Å². The summed E-state index contributed by atoms with van der Waals surface area (Å²) in [6, 6.07) is 6.50. The maximum atomic E-state index is 13.9. The maximum absolute atomic E-state index is 13.9. The van der Waals surface area contributed by atoms with Crippen molar-refractivity contribution in [3.63, 3.8) is 0 Å². The quantitative estimate of drug-likeness (QED) is 0.880. The third-order valence-electron chi connectivity index (χ3n) is 3.86. The lowest BCUT2D eigenvalue weighted by atomic mass is 9.94. The predicted octanol–water partition coefficient (Wildman–Crippen LogP) is 3.65. The number of halogens is 1. The Hall–Kier alpha value is -1.58. The normalized spacial score (nSPS) is 16.6. The fourth-order valence-electron chi connectivity index (χ4n) is 2.66. The van der Waals surface area contributed by atoms with Crippen molar-refractivity contribution < 1.29 is 9.18 Å². The van der Waals surface area contributed by atoms with Gasteiger partial charge in [0.15, 0.2) is 0 Å². The summed E-state index contributed by atoms with van der Waals surface area (Å²) in [5, 5.41) is 2.96. The van der Waals surface area contributed by atoms with Gasteiger partial charge in [0.1, 0.15) is 5.82 Å². The van der Waals surface area contributed by atoms with E-state index < -0.39 is 5.54 Å². The Morgan fingerprint density at radius 2 is 1.75 bits per heavy atom. The summed E-state index contributed by atoms with van der Waals surface area (Å²) in [4.78, 5) is 14.2. The number of carbonyl (C=O) groups excluding carboxylic acids is 1. The standard InChI is InChI=1S/C16H23FN2O/c1-16(2,13-9-5-6-10-14(13)17)18-15(20)19-11-7-3-4-8-12-19/h5-6,9-10H,3-4,7-8,11-12H2,1-2H3,(H,18,20). The average molecular weight is 278 g/mol. The summed E-state index contributed by atoms with van der Waals surface area (Å²) >= 11 is 0. The van der Waals surface area contributed by atoms with Crippen LogP contribution in [0.3, 0.4) is 0 Å². The van der Waals surface area contributed by atoms with E-state index >= 15 is 0 Å². The van der Waals surface area contributed by atoms with Crippen LogP contribution in [-0.4, -0.2) is 24.0 Å². The molecular formula is C16H23FN2O. The molecule has 0 saturated carbocycles. The van der Waals surface area contributed by atoms with Crippen molar-refractivity contribution in [2.24, 2.45) is 0 Å². The Labute approximate surface area is 120 Å². The van der Waals surface area contributed by atoms with Gasteiger partial charge in [-0.3, -0.25) is 0 Å². The largest absolute Gasteiger partial charge is 0.329 e. The van der Waals surface area contributed by atoms with E-state index in [2.05, 4.69) is 5.32 Å². The smallest absolute Gasteiger partial charge is 0.318 e. The molecule has 1 aromatic rings. The van der Waals surface area contributed by atoms with Crippen LogP contribution in [0.4, 0.5) is 9.18 Å². The molecule has 0 bridgehead atoms. The highest BCUT2D eigenvalue weighted by molar-refractivity contribution is 5.75. The monoisotopic (exact) mass is 278 g/mol. The second kappa shape index (κ2) is 6.25. The molecule has 0 spiro atoms. The zero-order chi connectivity index (χ0) is 14.6. The fourth-order valence-corrected chi connectivity index (χ4v) is 2.66. The minimum Gasteiger partial charge on any atom is -0.329 e. The summed E-state index contributed by atoms with van der Waals surface area (Å²) in [7, 11) is 0. The lowest BCUT2D eigenvalue weighted by molar-refractivity contribution is 0.188. The number of benzene rings is 1. The predicted molar refractivity (Wildman–Crippen MR) is 78.0 cm³/mol. The zero-order valence-electron chi connectivity index (χ0n) is 12.3. The number of hydrogen-bond donors (Lipinski definition) is 1. The van der Waals surface area contributed by atoms with E-state index in [9.17, 15) is 9.18 Å². The van der Waals surface area contributed by atoms with Crippen molar-refractivity contribution in [3.05, 3.63) is 35.6 Å². The Morgan fingerprint density at radius 1 is 1.15 bits per heavy atom. The van der Waals surface area contributed by atoms with Crippen molar-refractivity contribution in [2.45, 2.75) is 45.1 Å². The molecule has 1 saturated heterocycles. The van der Waals surface area contributed by atoms with Gasteiger partial charge in [0.05, 0.1) is 5.54 Å². The lowest BCUT2D eigenvalue weighted by Crippen LogP contribution is -2.49. The minimum absolute atomic E-state index is 0.0971. The van der Waals surface area contributed by atoms with Crippen LogP contribution < -0.4 is 5.32 Å². The van der Waals surface area contributed by atoms with Gasteiger partial charge in [-0.25, -0.2) is 9.18 Å². The van der Waals surface area contributed by atoms with Gasteiger partial charge < -0.3 is 10.2 Å². The number of hydrogen-bond acceptors (Lipinski definition) is 1. The van der Waals surface area contributed by atoms with Crippen LogP contribution in [0, 0.1) is 5.82 Å². The average Bonchev–Trinajstić information content (AvgIpc) is 2.67. The molecular weight excluding hydrogens is 255 g/mol. The van der Waals surface area contributed by atoms with Crippen molar-refractivity contribution in [2.75, 3.05) is 13.1 Å². The van der Waals surface area contributed by atoms with E-state index in [0.29, 0.717) is 5.56 Å². The lowest BCUT2D eigenvalue weighted by Gasteiger charge is -2.31. The number of nitrogens with zero attached hydrogens (tertiary/aromatic N) is 1. The SMILES string of the molecule is CC(C)(NC(=O)N1CCCCCC1)c1ccccc1F. The second-order valence-corrected chi connectivity index (χ2v) is 5.94. The molecule has 4 heteroatoms. The number of nitrogens with one attached hydrogen (secondary N) is 1. The van der Waals surface area contributed by atoms with Gasteiger partial charge in [-0.15, -0.1) is 0 Å². The van der Waals surface area contributed by atoms with E-state index in [0.717, 1.165) is 25.9 Å². The molecule has 1 aliphatic rings. The van der Waals surface area contributed by atoms with Gasteiger partial charge in [0.25, 0.3) is 0 Å². The van der Waals surface area contributed by atoms with E-state index in [4.69, 9.17) is 0 Å². The molecule has 0 atom stereocenters. The van der Waals surface area contributed by atoms with Gasteiger partial charge in [0.2, 0.25) is 0 Å². The molecule has 1 aliphatic heterocycles. The van der Waals surface area contributed by atoms with Crippen LogP contribution in [0.25, 0.3) is 0 Å². The first-order chi connectivity index (χ1) is 9.50. The molecule has 0 aliphatic carbocycles. The van der Waals surface area contributed by atoms with Crippen LogP contribution in [0.1, 0.15) is 45.1 Å². The van der Waals surface area contributed by atoms with Gasteiger partial charge in [-0.2, -0.15) is 0 Å². The maximum Gasteiger partial charge on any atom is 0.318 e. The van der Waals surface area contributed by atoms with Crippen LogP contribution >= 0.6 is 0 Å². The van der Waals surface area contributed by atoms with Gasteiger partial charge in [0, 0.05) is 18.7 Å². The minimum atomic E-state index is -0.714. The molecule has 20 heavy (non-hydrogen) atoms. The second-order valence-electron chi connectivity index (χ2n) is 5.94. The van der Waals surface area contributed by atoms with Crippen molar-refractivity contribution >= 4 is 6.03 Å². The summed E-state index contributed by atoms with van der Waals surface area (Å²) in [6.45, 7) is 5.25. The summed E-state index contributed by atoms with van der Waals surface area (Å²) in [6.07, 6.45) is 4.46. The van der Waals surface area contributed by atoms with Crippen molar-refractivity contribution in [1.82, 2.24) is 10.2 Å². The van der Waals surface area contributed by atoms with Crippen LogP contribution in [-0.2, 0) is 5.54 Å². The van der Waals surface area contributed by atoms with E-state index in [1.54, 1.807) is 18.2 Å². The molecule has 110 valence electrons. The Kier molecular flexibility index (Phi) is 4.63. The van der Waals surface area contributed by atoms with Crippen molar-refractivity contribution in [1.29, 1.82) is 0 Å². The van der Waals surface area contributed by atoms with Gasteiger partial charge in [-0.1, -0.05) is 31.0 Å². The van der Waals surface area contributed by atoms with E-state index in [1.165, 1.54) is 18.9 Å². The summed E-state index contributed by atoms with van der Waals surface area (Å²) < 4.78 is 13.9. The number of urea groups is 1. The molecule has 2 rings (SSSR count). The molecule has 1 heterocycles. The molecule has 1 fully saturated rings. The third kappa shape index (κ3) is 3.50. The number of rotatable bonds is 2. The fraction of sp³-hybridized carbons (Fsp3) is 0.562. The molecule has 2 amide bonds. The Bertz CT molecular complexity index is 465. The molecule has 3 nitrogen and oxygen atoms in total. The summed E-state index contributed by atoms with van der Waals surface area (Å²) in [5.74, 6) is -0.284. The molecule has 1 aromatic carbocycles. The van der Waals surface area contributed by atoms with E-state index in [-0.39, 0.29) is 11.8 Å². The van der Waals surface area contributed by atoms with Crippen molar-refractivity contribution in [3.8, 4) is 0 Å². The van der Waals surface area contributed by atoms with Crippen LogP contribution in [0.15, 0.2) is 24.3 Å². The Balaban J connectivity index is 2.07. The highest BCUT2D eigenvalue weighted by atomic mass is 19.1. The zero-order valence-corrected chi connectivity index (χ0v) is 12.3. The topological polar surface area (TPSA) is 32.3 Å². The van der Waals surface area contributed by atoms with E-state index in [1.807, 2.05) is 18.7 Å². The molecule has 0 aromatic heterocycles. The third-order valence-corrected chi connectivity index (χ3v) is 3.86. The highest BCUT2D eigenvalue weighted by Gasteiger charge is 2.28. The first-order valence-corrected chi connectivity index (χ1v) is 7.33. The number of carbonyl (C=O) groups is 1. The molecule has 0 unspecified atom stereocenters. The molecule has 1 N–H and O–H groups in total. The first kappa shape index (κ1) is 14.8. The first-order valence-electron chi connectivity index (χ1n) is 7.33. The Morgan fingerprint density at radius 3 is 2.35 bits per heavy atom. The van der Waals surface area contributed by atoms with Crippen LogP contribution in [0.2, 0.25) is 0 Å². The number of likely N-dealkylation sites (tertiary alicyclic amines) is 1. The van der Waals surface area contributed by atoms with Crippen LogP contribution in [0.5, 0.6) is 0 Å².